The number of aromatic nitrogens is 2. The van der Waals surface area contributed by atoms with E-state index in [1.165, 1.54) is 19.2 Å². The lowest BCUT2D eigenvalue weighted by molar-refractivity contribution is 0.0766. The van der Waals surface area contributed by atoms with Crippen LogP contribution in [0.25, 0.3) is 11.3 Å². The van der Waals surface area contributed by atoms with Crippen LogP contribution in [-0.4, -0.2) is 54.3 Å². The molecular weight excluding hydrogens is 407 g/mol. The number of nitrogens with one attached hydrogen (secondary N) is 1. The van der Waals surface area contributed by atoms with Crippen LogP contribution in [0.4, 0.5) is 10.2 Å². The van der Waals surface area contributed by atoms with Crippen LogP contribution in [0.15, 0.2) is 48.5 Å². The molecule has 0 saturated carbocycles. The Kier molecular flexibility index (Phi) is 5.90. The van der Waals surface area contributed by atoms with E-state index in [2.05, 4.69) is 15.1 Å². The van der Waals surface area contributed by atoms with Gasteiger partial charge in [0.1, 0.15) is 0 Å². The van der Waals surface area contributed by atoms with E-state index in [0.717, 1.165) is 30.0 Å². The molecule has 156 valence electrons. The maximum absolute atomic E-state index is 14.0. The number of aromatic amines is 1. The van der Waals surface area contributed by atoms with Gasteiger partial charge in [0.15, 0.2) is 17.4 Å². The molecule has 0 aliphatic carbocycles. The third-order valence-electron chi connectivity index (χ3n) is 5.23. The van der Waals surface area contributed by atoms with E-state index in [1.807, 2.05) is 30.3 Å². The summed E-state index contributed by atoms with van der Waals surface area (Å²) in [6.45, 7) is 2.58. The Morgan fingerprint density at radius 2 is 1.90 bits per heavy atom. The molecule has 1 aliphatic heterocycles. The minimum atomic E-state index is -0.536. The third-order valence-corrected chi connectivity index (χ3v) is 5.48. The fraction of sp³-hybridized carbons (Fsp3) is 0.273. The van der Waals surface area contributed by atoms with E-state index in [1.54, 1.807) is 11.0 Å². The summed E-state index contributed by atoms with van der Waals surface area (Å²) < 4.78 is 18.9. The number of hydrogen-bond acceptors (Lipinski definition) is 4. The van der Waals surface area contributed by atoms with E-state index in [9.17, 15) is 9.18 Å². The molecule has 2 heterocycles. The van der Waals surface area contributed by atoms with Crippen LogP contribution in [0.3, 0.4) is 0 Å². The molecule has 0 atom stereocenters. The summed E-state index contributed by atoms with van der Waals surface area (Å²) >= 11 is 5.96. The van der Waals surface area contributed by atoms with Gasteiger partial charge in [0, 0.05) is 42.8 Å². The van der Waals surface area contributed by atoms with Gasteiger partial charge in [-0.1, -0.05) is 23.7 Å². The molecule has 30 heavy (non-hydrogen) atoms. The van der Waals surface area contributed by atoms with Gasteiger partial charge in [-0.15, -0.1) is 0 Å². The Morgan fingerprint density at radius 1 is 1.10 bits per heavy atom. The second-order valence-corrected chi connectivity index (χ2v) is 7.57. The molecule has 1 fully saturated rings. The first-order valence-corrected chi connectivity index (χ1v) is 10.1. The van der Waals surface area contributed by atoms with Crippen LogP contribution < -0.4 is 9.64 Å². The fourth-order valence-electron chi connectivity index (χ4n) is 3.58. The van der Waals surface area contributed by atoms with Crippen molar-refractivity contribution in [1.82, 2.24) is 15.1 Å². The van der Waals surface area contributed by atoms with Gasteiger partial charge < -0.3 is 14.5 Å². The Hall–Kier alpha value is -3.06. The second-order valence-electron chi connectivity index (χ2n) is 7.13. The minimum absolute atomic E-state index is 0.128. The normalized spacial score (nSPS) is 14.5. The van der Waals surface area contributed by atoms with E-state index >= 15 is 0 Å². The Labute approximate surface area is 179 Å². The third kappa shape index (κ3) is 4.26. The summed E-state index contributed by atoms with van der Waals surface area (Å²) in [4.78, 5) is 16.7. The van der Waals surface area contributed by atoms with E-state index in [0.29, 0.717) is 30.2 Å². The summed E-state index contributed by atoms with van der Waals surface area (Å²) in [5.74, 6) is 0.252. The molecule has 1 aliphatic rings. The molecule has 0 spiro atoms. The van der Waals surface area contributed by atoms with Crippen molar-refractivity contribution in [2.75, 3.05) is 38.2 Å². The van der Waals surface area contributed by atoms with Gasteiger partial charge in [-0.2, -0.15) is 5.10 Å². The summed E-state index contributed by atoms with van der Waals surface area (Å²) in [5.41, 5.74) is 2.24. The zero-order valence-corrected chi connectivity index (χ0v) is 17.3. The highest BCUT2D eigenvalue weighted by atomic mass is 35.5. The highest BCUT2D eigenvalue weighted by Crippen LogP contribution is 2.25. The van der Waals surface area contributed by atoms with Crippen molar-refractivity contribution in [2.24, 2.45) is 0 Å². The summed E-state index contributed by atoms with van der Waals surface area (Å²) in [7, 11) is 1.40. The number of anilines is 1. The van der Waals surface area contributed by atoms with Gasteiger partial charge in [0.25, 0.3) is 5.91 Å². The van der Waals surface area contributed by atoms with Crippen LogP contribution in [0, 0.1) is 5.82 Å². The first-order valence-electron chi connectivity index (χ1n) is 9.74. The maximum Gasteiger partial charge on any atom is 0.254 e. The molecule has 1 amide bonds. The van der Waals surface area contributed by atoms with E-state index in [-0.39, 0.29) is 11.7 Å². The number of carbonyl (C=O) groups excluding carboxylic acids is 1. The van der Waals surface area contributed by atoms with Crippen LogP contribution in [0.1, 0.15) is 16.8 Å². The molecule has 1 saturated heterocycles. The number of hydrogen-bond donors (Lipinski definition) is 1. The highest BCUT2D eigenvalue weighted by molar-refractivity contribution is 6.30. The van der Waals surface area contributed by atoms with Gasteiger partial charge in [-0.05, 0) is 42.3 Å². The van der Waals surface area contributed by atoms with Crippen LogP contribution in [0.5, 0.6) is 5.75 Å². The molecule has 3 aromatic rings. The number of amides is 1. The predicted molar refractivity (Wildman–Crippen MR) is 115 cm³/mol. The van der Waals surface area contributed by atoms with Crippen molar-refractivity contribution >= 4 is 23.3 Å². The lowest BCUT2D eigenvalue weighted by Gasteiger charge is -2.22. The first-order chi connectivity index (χ1) is 14.5. The molecule has 2 aromatic carbocycles. The zero-order valence-electron chi connectivity index (χ0n) is 16.6. The van der Waals surface area contributed by atoms with Gasteiger partial charge in [-0.3, -0.25) is 9.89 Å². The molecule has 0 radical (unpaired) electrons. The minimum Gasteiger partial charge on any atom is -0.494 e. The lowest BCUT2D eigenvalue weighted by Crippen LogP contribution is -2.35. The lowest BCUT2D eigenvalue weighted by atomic mass is 10.1. The number of benzene rings is 2. The van der Waals surface area contributed by atoms with Crippen molar-refractivity contribution in [2.45, 2.75) is 6.42 Å². The smallest absolute Gasteiger partial charge is 0.254 e. The van der Waals surface area contributed by atoms with E-state index < -0.39 is 5.82 Å². The average molecular weight is 429 g/mol. The molecular formula is C22H22ClFN4O2. The number of halogens is 2. The molecule has 6 nitrogen and oxygen atoms in total. The van der Waals surface area contributed by atoms with Crippen LogP contribution in [-0.2, 0) is 0 Å². The number of H-pyrrole nitrogens is 1. The summed E-state index contributed by atoms with van der Waals surface area (Å²) in [6, 6.07) is 13.9. The van der Waals surface area contributed by atoms with Crippen molar-refractivity contribution in [3.8, 4) is 17.0 Å². The van der Waals surface area contributed by atoms with Crippen molar-refractivity contribution in [3.05, 3.63) is 64.9 Å². The molecule has 8 heteroatoms. The SMILES string of the molecule is COc1ccc(C(=O)N2CCCN(c3cc(-c4ccc(Cl)cc4)[nH]n3)CC2)cc1F. The summed E-state index contributed by atoms with van der Waals surface area (Å²) in [6.07, 6.45) is 0.799. The summed E-state index contributed by atoms with van der Waals surface area (Å²) in [5, 5.41) is 8.19. The maximum atomic E-state index is 14.0. The van der Waals surface area contributed by atoms with Crippen LogP contribution in [0.2, 0.25) is 5.02 Å². The predicted octanol–water partition coefficient (Wildman–Crippen LogP) is 4.23. The zero-order chi connectivity index (χ0) is 21.1. The number of nitrogens with zero attached hydrogens (tertiary/aromatic N) is 3. The molecule has 1 N–H and O–H groups in total. The van der Waals surface area contributed by atoms with Crippen LogP contribution >= 0.6 is 11.6 Å². The second kappa shape index (κ2) is 8.75. The molecule has 4 rings (SSSR count). The van der Waals surface area contributed by atoms with Crippen molar-refractivity contribution in [1.29, 1.82) is 0 Å². The molecule has 1 aromatic heterocycles. The quantitative estimate of drug-likeness (QED) is 0.675. The van der Waals surface area contributed by atoms with Gasteiger partial charge in [0.2, 0.25) is 0 Å². The van der Waals surface area contributed by atoms with Gasteiger partial charge >= 0.3 is 0 Å². The standard InChI is InChI=1S/C22H22ClFN4O2/c1-30-20-8-5-16(13-18(20)24)22(29)28-10-2-9-27(11-12-28)21-14-19(25-26-21)15-3-6-17(23)7-4-15/h3-8,13-14H,2,9-12H2,1H3,(H,25,26). The number of ether oxygens (including phenoxy) is 1. The number of methoxy groups -OCH3 is 1. The Balaban J connectivity index is 1.43. The first kappa shape index (κ1) is 20.2. The van der Waals surface area contributed by atoms with Gasteiger partial charge in [-0.25, -0.2) is 4.39 Å². The fourth-order valence-corrected chi connectivity index (χ4v) is 3.71. The Morgan fingerprint density at radius 3 is 2.63 bits per heavy atom. The highest BCUT2D eigenvalue weighted by Gasteiger charge is 2.22. The average Bonchev–Trinajstić information content (AvgIpc) is 3.11. The van der Waals surface area contributed by atoms with Gasteiger partial charge in [0.05, 0.1) is 12.8 Å². The topological polar surface area (TPSA) is 61.5 Å². The monoisotopic (exact) mass is 428 g/mol. The number of rotatable bonds is 4. The van der Waals surface area contributed by atoms with E-state index in [4.69, 9.17) is 16.3 Å². The number of carbonyl (C=O) groups is 1. The molecule has 0 unspecified atom stereocenters. The van der Waals surface area contributed by atoms with Crippen molar-refractivity contribution < 1.29 is 13.9 Å². The van der Waals surface area contributed by atoms with Crippen molar-refractivity contribution in [3.63, 3.8) is 0 Å². The Bertz CT molecular complexity index is 1040. The molecule has 0 bridgehead atoms. The largest absolute Gasteiger partial charge is 0.494 e.